The maximum atomic E-state index is 12.7. The summed E-state index contributed by atoms with van der Waals surface area (Å²) in [6, 6.07) is 5.42. The summed E-state index contributed by atoms with van der Waals surface area (Å²) < 4.78 is 44.8. The Labute approximate surface area is 138 Å². The molecule has 2 aromatic rings. The highest BCUT2D eigenvalue weighted by atomic mass is 79.9. The molecule has 2 rings (SSSR count). The Morgan fingerprint density at radius 2 is 2.09 bits per heavy atom. The van der Waals surface area contributed by atoms with Gasteiger partial charge in [-0.3, -0.25) is 9.48 Å². The van der Waals surface area contributed by atoms with Crippen LogP contribution in [-0.4, -0.2) is 22.3 Å². The van der Waals surface area contributed by atoms with Crippen LogP contribution in [-0.2, 0) is 13.2 Å². The van der Waals surface area contributed by atoms with Gasteiger partial charge in [0.1, 0.15) is 11.4 Å². The number of ether oxygens (including phenoxy) is 1. The molecule has 0 aliphatic heterocycles. The molecule has 0 spiro atoms. The molecule has 0 aliphatic rings. The topological polar surface area (TPSA) is 56.1 Å². The average molecular weight is 392 g/mol. The molecule has 9 heteroatoms. The number of alkyl halides is 3. The van der Waals surface area contributed by atoms with Gasteiger partial charge in [-0.2, -0.15) is 18.3 Å². The number of halogens is 4. The van der Waals surface area contributed by atoms with Crippen LogP contribution < -0.4 is 10.1 Å². The van der Waals surface area contributed by atoms with E-state index in [9.17, 15) is 18.0 Å². The second-order valence-electron chi connectivity index (χ2n) is 4.57. The van der Waals surface area contributed by atoms with E-state index in [1.165, 1.54) is 12.1 Å². The third-order valence-corrected chi connectivity index (χ3v) is 3.56. The van der Waals surface area contributed by atoms with Crippen molar-refractivity contribution in [2.24, 2.45) is 7.05 Å². The van der Waals surface area contributed by atoms with E-state index in [-0.39, 0.29) is 11.4 Å². The molecular formula is C14H13BrF3N3O2. The van der Waals surface area contributed by atoms with E-state index in [1.807, 2.05) is 0 Å². The molecule has 0 saturated carbocycles. The van der Waals surface area contributed by atoms with Crippen LogP contribution in [0.25, 0.3) is 0 Å². The molecule has 0 fully saturated rings. The molecule has 1 amide bonds. The van der Waals surface area contributed by atoms with Crippen molar-refractivity contribution in [1.82, 2.24) is 9.78 Å². The molecule has 0 radical (unpaired) electrons. The molecule has 1 aromatic carbocycles. The van der Waals surface area contributed by atoms with E-state index in [2.05, 4.69) is 26.3 Å². The molecule has 0 atom stereocenters. The molecule has 0 bridgehead atoms. The minimum absolute atomic E-state index is 0.175. The molecule has 0 unspecified atom stereocenters. The number of anilines is 1. The number of aryl methyl sites for hydroxylation is 1. The number of carbonyl (C=O) groups excluding carboxylic acids is 1. The van der Waals surface area contributed by atoms with Gasteiger partial charge in [-0.25, -0.2) is 0 Å². The van der Waals surface area contributed by atoms with Crippen LogP contribution in [0.1, 0.15) is 23.0 Å². The highest BCUT2D eigenvalue weighted by Crippen LogP contribution is 2.31. The first-order valence-electron chi connectivity index (χ1n) is 6.57. The molecular weight excluding hydrogens is 379 g/mol. The van der Waals surface area contributed by atoms with Gasteiger partial charge in [0, 0.05) is 18.7 Å². The summed E-state index contributed by atoms with van der Waals surface area (Å²) in [6.45, 7) is 2.21. The zero-order chi connectivity index (χ0) is 17.2. The van der Waals surface area contributed by atoms with Crippen molar-refractivity contribution in [3.63, 3.8) is 0 Å². The lowest BCUT2D eigenvalue weighted by Gasteiger charge is -2.08. The van der Waals surface area contributed by atoms with E-state index in [0.717, 1.165) is 13.1 Å². The minimum Gasteiger partial charge on any atom is -0.493 e. The fraction of sp³-hybridized carbons (Fsp3) is 0.286. The molecule has 0 aliphatic carbocycles. The maximum absolute atomic E-state index is 12.7. The van der Waals surface area contributed by atoms with Crippen molar-refractivity contribution in [3.8, 4) is 5.75 Å². The molecule has 124 valence electrons. The number of hydrogen-bond donors (Lipinski definition) is 1. The number of nitrogens with one attached hydrogen (secondary N) is 1. The van der Waals surface area contributed by atoms with Crippen LogP contribution in [0.4, 0.5) is 19.0 Å². The molecule has 5 nitrogen and oxygen atoms in total. The van der Waals surface area contributed by atoms with E-state index < -0.39 is 17.8 Å². The third-order valence-electron chi connectivity index (χ3n) is 2.91. The Kier molecular flexibility index (Phi) is 4.98. The first-order chi connectivity index (χ1) is 10.7. The van der Waals surface area contributed by atoms with Crippen molar-refractivity contribution in [2.75, 3.05) is 11.9 Å². The van der Waals surface area contributed by atoms with Crippen molar-refractivity contribution in [2.45, 2.75) is 13.1 Å². The molecule has 1 N–H and O–H groups in total. The number of amides is 1. The van der Waals surface area contributed by atoms with E-state index in [0.29, 0.717) is 21.5 Å². The summed E-state index contributed by atoms with van der Waals surface area (Å²) in [5.41, 5.74) is -0.700. The van der Waals surface area contributed by atoms with E-state index in [1.54, 1.807) is 13.0 Å². The zero-order valence-corrected chi connectivity index (χ0v) is 13.8. The Morgan fingerprint density at radius 3 is 2.65 bits per heavy atom. The highest BCUT2D eigenvalue weighted by molar-refractivity contribution is 9.10. The number of carbonyl (C=O) groups is 1. The third kappa shape index (κ3) is 4.04. The van der Waals surface area contributed by atoms with Gasteiger partial charge in [0.25, 0.3) is 5.91 Å². The van der Waals surface area contributed by atoms with E-state index >= 15 is 0 Å². The largest absolute Gasteiger partial charge is 0.493 e. The van der Waals surface area contributed by atoms with Gasteiger partial charge in [0.2, 0.25) is 0 Å². The van der Waals surface area contributed by atoms with Gasteiger partial charge in [0.05, 0.1) is 11.1 Å². The second kappa shape index (κ2) is 6.61. The van der Waals surface area contributed by atoms with Gasteiger partial charge in [-0.05, 0) is 41.1 Å². The van der Waals surface area contributed by atoms with Gasteiger partial charge < -0.3 is 10.1 Å². The summed E-state index contributed by atoms with van der Waals surface area (Å²) in [5.74, 6) is -0.284. The standard InChI is InChI=1S/C14H13BrF3N3O2/c1-3-23-10-6-8(4-5-9(10)15)13(22)19-12-7-11(14(16,17)18)21(2)20-12/h4-7H,3H2,1-2H3,(H,19,20,22). The number of benzene rings is 1. The number of hydrogen-bond acceptors (Lipinski definition) is 3. The average Bonchev–Trinajstić information content (AvgIpc) is 2.82. The van der Waals surface area contributed by atoms with Crippen molar-refractivity contribution < 1.29 is 22.7 Å². The van der Waals surface area contributed by atoms with E-state index in [4.69, 9.17) is 4.74 Å². The maximum Gasteiger partial charge on any atom is 0.433 e. The summed E-state index contributed by atoms with van der Waals surface area (Å²) in [7, 11) is 1.16. The predicted octanol–water partition coefficient (Wildman–Crippen LogP) is 3.85. The summed E-state index contributed by atoms with van der Waals surface area (Å²) in [4.78, 5) is 12.1. The fourth-order valence-corrected chi connectivity index (χ4v) is 2.25. The summed E-state index contributed by atoms with van der Waals surface area (Å²) >= 11 is 3.28. The van der Waals surface area contributed by atoms with Crippen LogP contribution in [0, 0.1) is 0 Å². The lowest BCUT2D eigenvalue weighted by Crippen LogP contribution is -2.13. The number of rotatable bonds is 4. The predicted molar refractivity (Wildman–Crippen MR) is 81.5 cm³/mol. The van der Waals surface area contributed by atoms with Crippen LogP contribution >= 0.6 is 15.9 Å². The molecule has 1 aromatic heterocycles. The first kappa shape index (κ1) is 17.3. The minimum atomic E-state index is -4.54. The first-order valence-corrected chi connectivity index (χ1v) is 7.36. The van der Waals surface area contributed by atoms with Crippen molar-refractivity contribution in [3.05, 3.63) is 40.0 Å². The van der Waals surface area contributed by atoms with Crippen LogP contribution in [0.15, 0.2) is 28.7 Å². The SMILES string of the molecule is CCOc1cc(C(=O)Nc2cc(C(F)(F)F)n(C)n2)ccc1Br. The number of aromatic nitrogens is 2. The van der Waals surface area contributed by atoms with Gasteiger partial charge in [-0.1, -0.05) is 0 Å². The molecule has 23 heavy (non-hydrogen) atoms. The van der Waals surface area contributed by atoms with Crippen LogP contribution in [0.5, 0.6) is 5.75 Å². The normalized spacial score (nSPS) is 11.4. The monoisotopic (exact) mass is 391 g/mol. The highest BCUT2D eigenvalue weighted by Gasteiger charge is 2.35. The van der Waals surface area contributed by atoms with Gasteiger partial charge in [-0.15, -0.1) is 0 Å². The lowest BCUT2D eigenvalue weighted by molar-refractivity contribution is -0.143. The Balaban J connectivity index is 2.21. The quantitative estimate of drug-likeness (QED) is 0.860. The second-order valence-corrected chi connectivity index (χ2v) is 5.42. The smallest absolute Gasteiger partial charge is 0.433 e. The summed E-state index contributed by atoms with van der Waals surface area (Å²) in [5, 5.41) is 5.98. The van der Waals surface area contributed by atoms with Gasteiger partial charge >= 0.3 is 6.18 Å². The lowest BCUT2D eigenvalue weighted by atomic mass is 10.2. The number of nitrogens with zero attached hydrogens (tertiary/aromatic N) is 2. The molecule has 1 heterocycles. The Bertz CT molecular complexity index is 729. The van der Waals surface area contributed by atoms with Gasteiger partial charge in [0.15, 0.2) is 5.82 Å². The van der Waals surface area contributed by atoms with Crippen molar-refractivity contribution in [1.29, 1.82) is 0 Å². The fourth-order valence-electron chi connectivity index (χ4n) is 1.89. The summed E-state index contributed by atoms with van der Waals surface area (Å²) in [6.07, 6.45) is -4.54. The Hall–Kier alpha value is -2.03. The zero-order valence-electron chi connectivity index (χ0n) is 12.2. The van der Waals surface area contributed by atoms with Crippen molar-refractivity contribution >= 4 is 27.7 Å². The van der Waals surface area contributed by atoms with Crippen LogP contribution in [0.2, 0.25) is 0 Å². The van der Waals surface area contributed by atoms with Crippen LogP contribution in [0.3, 0.4) is 0 Å². The molecule has 0 saturated heterocycles. The Morgan fingerprint density at radius 1 is 1.39 bits per heavy atom.